The summed E-state index contributed by atoms with van der Waals surface area (Å²) in [5, 5.41) is 8.10. The van der Waals surface area contributed by atoms with Crippen molar-refractivity contribution < 1.29 is 13.2 Å². The number of hydrogen-bond donors (Lipinski definition) is 1. The van der Waals surface area contributed by atoms with Gasteiger partial charge in [0.15, 0.2) is 5.82 Å². The number of nitrogens with one attached hydrogen (secondary N) is 1. The lowest BCUT2D eigenvalue weighted by atomic mass is 10.1. The smallest absolute Gasteiger partial charge is 0.348 e. The van der Waals surface area contributed by atoms with Crippen LogP contribution in [0.15, 0.2) is 9.82 Å². The average molecular weight is 386 g/mol. The summed E-state index contributed by atoms with van der Waals surface area (Å²) in [6, 6.07) is 0. The highest BCUT2D eigenvalue weighted by molar-refractivity contribution is 8.00. The molecule has 0 aliphatic carbocycles. The van der Waals surface area contributed by atoms with Crippen LogP contribution in [0, 0.1) is 0 Å². The lowest BCUT2D eigenvalue weighted by Gasteiger charge is -2.30. The Bertz CT molecular complexity index is 892. The molecule has 1 atom stereocenters. The van der Waals surface area contributed by atoms with Crippen molar-refractivity contribution >= 4 is 17.6 Å². The van der Waals surface area contributed by atoms with Gasteiger partial charge in [-0.1, -0.05) is 13.3 Å². The van der Waals surface area contributed by atoms with E-state index in [1.807, 2.05) is 4.90 Å². The molecule has 0 aromatic carbocycles. The van der Waals surface area contributed by atoms with Crippen LogP contribution < -0.4 is 10.6 Å². The number of halogens is 3. The number of aromatic nitrogens is 5. The van der Waals surface area contributed by atoms with Crippen LogP contribution >= 0.6 is 11.8 Å². The molecule has 0 amide bonds. The number of anilines is 1. The Morgan fingerprint density at radius 2 is 2.12 bits per heavy atom. The fourth-order valence-electron chi connectivity index (χ4n) is 3.49. The summed E-state index contributed by atoms with van der Waals surface area (Å²) in [4.78, 5) is 20.7. The highest BCUT2D eigenvalue weighted by atomic mass is 32.2. The molecular formula is C15H17F3N6OS. The van der Waals surface area contributed by atoms with E-state index in [1.165, 1.54) is 0 Å². The minimum atomic E-state index is -4.52. The summed E-state index contributed by atoms with van der Waals surface area (Å²) in [7, 11) is 0. The molecule has 26 heavy (non-hydrogen) atoms. The molecule has 11 heteroatoms. The Kier molecular flexibility index (Phi) is 4.20. The summed E-state index contributed by atoms with van der Waals surface area (Å²) < 4.78 is 40.0. The van der Waals surface area contributed by atoms with Gasteiger partial charge in [-0.25, -0.2) is 4.79 Å². The number of rotatable bonds is 3. The topological polar surface area (TPSA) is 79.7 Å². The fourth-order valence-corrected chi connectivity index (χ4v) is 4.86. The fraction of sp³-hybridized carbons (Fsp3) is 0.600. The van der Waals surface area contributed by atoms with Crippen LogP contribution in [0.4, 0.5) is 19.0 Å². The van der Waals surface area contributed by atoms with Crippen LogP contribution in [0.3, 0.4) is 0 Å². The number of fused-ring (bicyclic) bond motifs is 2. The molecular weight excluding hydrogens is 369 g/mol. The molecule has 2 aliphatic rings. The zero-order valence-corrected chi connectivity index (χ0v) is 14.8. The van der Waals surface area contributed by atoms with Gasteiger partial charge in [-0.2, -0.15) is 18.2 Å². The maximum Gasteiger partial charge on any atom is 0.451 e. The van der Waals surface area contributed by atoms with Gasteiger partial charge >= 0.3 is 11.9 Å². The molecule has 4 heterocycles. The van der Waals surface area contributed by atoms with Crippen molar-refractivity contribution in [3.05, 3.63) is 27.7 Å². The van der Waals surface area contributed by atoms with Gasteiger partial charge in [0.1, 0.15) is 10.8 Å². The SMILES string of the molecule is CCCC1Cc2c(nc(=O)[nH]c2N2CCn3c(nnc3C(F)(F)F)C2)S1. The Balaban J connectivity index is 1.65. The Hall–Kier alpha value is -2.04. The van der Waals surface area contributed by atoms with E-state index in [0.717, 1.165) is 34.4 Å². The first-order valence-corrected chi connectivity index (χ1v) is 9.29. The van der Waals surface area contributed by atoms with Gasteiger partial charge in [-0.3, -0.25) is 4.98 Å². The summed E-state index contributed by atoms with van der Waals surface area (Å²) in [6.45, 7) is 2.72. The molecule has 0 bridgehead atoms. The zero-order valence-electron chi connectivity index (χ0n) is 14.0. The third-order valence-electron chi connectivity index (χ3n) is 4.62. The zero-order chi connectivity index (χ0) is 18.5. The molecule has 1 unspecified atom stereocenters. The molecule has 0 fully saturated rings. The van der Waals surface area contributed by atoms with Crippen molar-refractivity contribution in [2.75, 3.05) is 11.4 Å². The highest BCUT2D eigenvalue weighted by Crippen LogP contribution is 2.41. The molecule has 140 valence electrons. The van der Waals surface area contributed by atoms with E-state index in [4.69, 9.17) is 0 Å². The first-order valence-electron chi connectivity index (χ1n) is 8.41. The summed E-state index contributed by atoms with van der Waals surface area (Å²) in [6.07, 6.45) is -1.66. The molecule has 0 radical (unpaired) electrons. The van der Waals surface area contributed by atoms with Gasteiger partial charge in [0.05, 0.1) is 6.54 Å². The van der Waals surface area contributed by atoms with Crippen molar-refractivity contribution in [3.8, 4) is 0 Å². The van der Waals surface area contributed by atoms with Crippen LogP contribution in [0.1, 0.15) is 37.0 Å². The van der Waals surface area contributed by atoms with E-state index in [2.05, 4.69) is 27.1 Å². The number of H-pyrrole nitrogens is 1. The Labute approximate surface area is 151 Å². The minimum absolute atomic E-state index is 0.113. The quantitative estimate of drug-likeness (QED) is 0.815. The molecule has 2 aliphatic heterocycles. The lowest BCUT2D eigenvalue weighted by Crippen LogP contribution is -2.37. The van der Waals surface area contributed by atoms with Gasteiger partial charge in [-0.05, 0) is 12.8 Å². The predicted molar refractivity (Wildman–Crippen MR) is 89.2 cm³/mol. The monoisotopic (exact) mass is 386 g/mol. The largest absolute Gasteiger partial charge is 0.451 e. The van der Waals surface area contributed by atoms with Gasteiger partial charge in [0.2, 0.25) is 5.82 Å². The second-order valence-corrected chi connectivity index (χ2v) is 7.71. The van der Waals surface area contributed by atoms with Gasteiger partial charge in [0, 0.05) is 23.9 Å². The summed E-state index contributed by atoms with van der Waals surface area (Å²) in [5.74, 6) is -0.0844. The second kappa shape index (κ2) is 6.29. The average Bonchev–Trinajstić information content (AvgIpc) is 3.16. The maximum absolute atomic E-state index is 13.0. The standard InChI is InChI=1S/C15H17F3N6OS/c1-2-3-8-6-9-11(19-14(25)20-12(9)26-8)23-4-5-24-10(7-23)21-22-13(24)15(16,17)18/h8H,2-7H2,1H3,(H,19,20,25). The summed E-state index contributed by atoms with van der Waals surface area (Å²) >= 11 is 1.61. The number of thioether (sulfide) groups is 1. The molecule has 7 nitrogen and oxygen atoms in total. The Morgan fingerprint density at radius 3 is 2.85 bits per heavy atom. The van der Waals surface area contributed by atoms with Crippen molar-refractivity contribution in [3.63, 3.8) is 0 Å². The summed E-state index contributed by atoms with van der Waals surface area (Å²) in [5.41, 5.74) is 0.531. The van der Waals surface area contributed by atoms with E-state index >= 15 is 0 Å². The Morgan fingerprint density at radius 1 is 1.31 bits per heavy atom. The molecule has 0 saturated carbocycles. The number of hydrogen-bond acceptors (Lipinski definition) is 6. The third-order valence-corrected chi connectivity index (χ3v) is 5.91. The van der Waals surface area contributed by atoms with Crippen LogP contribution in [0.2, 0.25) is 0 Å². The van der Waals surface area contributed by atoms with Crippen LogP contribution in [0.25, 0.3) is 0 Å². The second-order valence-electron chi connectivity index (χ2n) is 6.42. The number of alkyl halides is 3. The van der Waals surface area contributed by atoms with Crippen molar-refractivity contribution in [1.82, 2.24) is 24.7 Å². The van der Waals surface area contributed by atoms with Gasteiger partial charge in [-0.15, -0.1) is 22.0 Å². The molecule has 2 aromatic heterocycles. The van der Waals surface area contributed by atoms with E-state index in [1.54, 1.807) is 11.8 Å². The minimum Gasteiger partial charge on any atom is -0.348 e. The highest BCUT2D eigenvalue weighted by Gasteiger charge is 2.40. The normalized spacial score (nSPS) is 19.5. The maximum atomic E-state index is 13.0. The molecule has 0 spiro atoms. The number of nitrogens with zero attached hydrogens (tertiary/aromatic N) is 5. The van der Waals surface area contributed by atoms with Crippen molar-refractivity contribution in [1.29, 1.82) is 0 Å². The first kappa shape index (κ1) is 17.4. The van der Waals surface area contributed by atoms with Crippen molar-refractivity contribution in [2.24, 2.45) is 0 Å². The third kappa shape index (κ3) is 2.97. The number of aromatic amines is 1. The van der Waals surface area contributed by atoms with Gasteiger partial charge < -0.3 is 9.47 Å². The van der Waals surface area contributed by atoms with E-state index in [9.17, 15) is 18.0 Å². The van der Waals surface area contributed by atoms with E-state index in [0.29, 0.717) is 17.6 Å². The lowest BCUT2D eigenvalue weighted by molar-refractivity contribution is -0.147. The van der Waals surface area contributed by atoms with Gasteiger partial charge in [0.25, 0.3) is 0 Å². The van der Waals surface area contributed by atoms with Crippen LogP contribution in [-0.2, 0) is 25.7 Å². The predicted octanol–water partition coefficient (Wildman–Crippen LogP) is 2.22. The van der Waals surface area contributed by atoms with Crippen LogP contribution in [0.5, 0.6) is 0 Å². The molecule has 1 N–H and O–H groups in total. The van der Waals surface area contributed by atoms with E-state index in [-0.39, 0.29) is 18.9 Å². The van der Waals surface area contributed by atoms with E-state index < -0.39 is 17.7 Å². The van der Waals surface area contributed by atoms with Crippen molar-refractivity contribution in [2.45, 2.75) is 55.7 Å². The first-order chi connectivity index (χ1) is 12.4. The molecule has 2 aromatic rings. The van der Waals surface area contributed by atoms with Crippen LogP contribution in [-0.4, -0.2) is 36.5 Å². The molecule has 4 rings (SSSR count). The molecule has 0 saturated heterocycles.